The molecule has 0 amide bonds. The first kappa shape index (κ1) is 23.5. The van der Waals surface area contributed by atoms with Crippen LogP contribution in [0.4, 0.5) is 19.0 Å². The minimum atomic E-state index is -4.70. The van der Waals surface area contributed by atoms with Crippen LogP contribution >= 0.6 is 24.0 Å². The Bertz CT molecular complexity index is 689. The molecule has 1 atom stereocenters. The van der Waals surface area contributed by atoms with Gasteiger partial charge in [-0.3, -0.25) is 9.79 Å². The molecule has 12 heteroatoms. The fourth-order valence-electron chi connectivity index (χ4n) is 2.53. The summed E-state index contributed by atoms with van der Waals surface area (Å²) in [6.07, 6.45) is -4.07. The highest BCUT2D eigenvalue weighted by Gasteiger charge is 2.38. The number of halogens is 4. The quantitative estimate of drug-likeness (QED) is 0.351. The van der Waals surface area contributed by atoms with Crippen molar-refractivity contribution in [3.63, 3.8) is 0 Å². The predicted molar refractivity (Wildman–Crippen MR) is 107 cm³/mol. The van der Waals surface area contributed by atoms with Gasteiger partial charge in [0.25, 0.3) is 5.56 Å². The number of hydrogen-bond donors (Lipinski definition) is 2. The molecule has 1 fully saturated rings. The Kier molecular flexibility index (Phi) is 8.78. The second-order valence-corrected chi connectivity index (χ2v) is 5.89. The van der Waals surface area contributed by atoms with E-state index in [0.717, 1.165) is 0 Å². The van der Waals surface area contributed by atoms with Crippen molar-refractivity contribution < 1.29 is 18.3 Å². The van der Waals surface area contributed by atoms with Gasteiger partial charge in [-0.25, -0.2) is 4.98 Å². The first-order chi connectivity index (χ1) is 12.2. The van der Waals surface area contributed by atoms with Crippen LogP contribution in [-0.4, -0.2) is 77.1 Å². The highest BCUT2D eigenvalue weighted by Crippen LogP contribution is 2.20. The number of aryl methyl sites for hydroxylation is 1. The van der Waals surface area contributed by atoms with Crippen molar-refractivity contribution in [2.75, 3.05) is 44.2 Å². The molecule has 0 aliphatic carbocycles. The number of rotatable bonds is 4. The average Bonchev–Trinajstić information content (AvgIpc) is 2.60. The lowest BCUT2D eigenvalue weighted by Gasteiger charge is -2.36. The molecule has 0 bridgehead atoms. The minimum absolute atomic E-state index is 0. The smallest absolute Gasteiger partial charge is 0.382 e. The van der Waals surface area contributed by atoms with E-state index in [0.29, 0.717) is 44.5 Å². The van der Waals surface area contributed by atoms with E-state index < -0.39 is 18.8 Å². The van der Waals surface area contributed by atoms with E-state index in [1.54, 1.807) is 24.3 Å². The van der Waals surface area contributed by atoms with Crippen LogP contribution in [0.3, 0.4) is 0 Å². The van der Waals surface area contributed by atoms with Gasteiger partial charge in [-0.2, -0.15) is 13.2 Å². The molecule has 8 nitrogen and oxygen atoms in total. The third-order valence-corrected chi connectivity index (χ3v) is 4.00. The Morgan fingerprint density at radius 1 is 1.37 bits per heavy atom. The molecule has 1 aromatic rings. The topological polar surface area (TPSA) is 86.0 Å². The third kappa shape index (κ3) is 6.23. The lowest BCUT2D eigenvalue weighted by atomic mass is 10.3. The Hall–Kier alpha value is -1.57. The number of nitrogens with zero attached hydrogens (tertiary/aromatic N) is 5. The number of alkyl halides is 3. The predicted octanol–water partition coefficient (Wildman–Crippen LogP) is 0.409. The molecular weight excluding hydrogens is 480 g/mol. The van der Waals surface area contributed by atoms with Crippen LogP contribution in [-0.2, 0) is 7.05 Å². The van der Waals surface area contributed by atoms with Gasteiger partial charge >= 0.3 is 6.18 Å². The highest BCUT2D eigenvalue weighted by molar-refractivity contribution is 14.0. The maximum atomic E-state index is 12.4. The molecule has 1 aliphatic heterocycles. The summed E-state index contributed by atoms with van der Waals surface area (Å²) in [6, 6.07) is 0. The van der Waals surface area contributed by atoms with E-state index in [4.69, 9.17) is 5.11 Å². The molecular formula is C15H24F3IN6O2. The number of aromatic nitrogens is 2. The second-order valence-electron chi connectivity index (χ2n) is 5.89. The van der Waals surface area contributed by atoms with Gasteiger partial charge in [0.05, 0.1) is 6.54 Å². The molecule has 1 unspecified atom stereocenters. The van der Waals surface area contributed by atoms with Crippen molar-refractivity contribution in [2.45, 2.75) is 19.2 Å². The third-order valence-electron chi connectivity index (χ3n) is 4.00. The van der Waals surface area contributed by atoms with E-state index >= 15 is 0 Å². The number of aliphatic hydroxyl groups excluding tert-OH is 1. The van der Waals surface area contributed by atoms with Crippen LogP contribution in [0.25, 0.3) is 0 Å². The average molecular weight is 504 g/mol. The maximum absolute atomic E-state index is 12.4. The summed E-state index contributed by atoms with van der Waals surface area (Å²) in [6.45, 7) is 3.44. The monoisotopic (exact) mass is 504 g/mol. The molecule has 0 spiro atoms. The highest BCUT2D eigenvalue weighted by atomic mass is 127. The maximum Gasteiger partial charge on any atom is 0.416 e. The molecule has 2 N–H and O–H groups in total. The van der Waals surface area contributed by atoms with Gasteiger partial charge in [0.15, 0.2) is 17.9 Å². The zero-order chi connectivity index (χ0) is 19.3. The molecule has 1 aromatic heterocycles. The number of aliphatic imine (C=N–C) groups is 1. The summed E-state index contributed by atoms with van der Waals surface area (Å²) in [5, 5.41) is 12.0. The second kappa shape index (κ2) is 10.1. The van der Waals surface area contributed by atoms with Crippen LogP contribution in [0.2, 0.25) is 0 Å². The van der Waals surface area contributed by atoms with Gasteiger partial charge in [0, 0.05) is 52.2 Å². The van der Waals surface area contributed by atoms with Crippen molar-refractivity contribution in [3.8, 4) is 0 Å². The Morgan fingerprint density at radius 2 is 2.00 bits per heavy atom. The summed E-state index contributed by atoms with van der Waals surface area (Å²) < 4.78 is 38.8. The SMILES string of the molecule is CCNC(=NCC(O)C(F)(F)F)N1CCN(c2nccn(C)c2=O)CC1.I. The Morgan fingerprint density at radius 3 is 2.56 bits per heavy atom. The van der Waals surface area contributed by atoms with Crippen molar-refractivity contribution in [3.05, 3.63) is 22.7 Å². The van der Waals surface area contributed by atoms with E-state index in [1.807, 2.05) is 11.8 Å². The standard InChI is InChI=1S/C15H23F3N6O2.HI/c1-3-19-14(21-10-11(25)15(16,17)18)24-8-6-23(7-9-24)12-13(26)22(2)5-4-20-12;/h4-5,11,25H,3,6-10H2,1-2H3,(H,19,21);1H. The number of anilines is 1. The fraction of sp³-hybridized carbons (Fsp3) is 0.667. The van der Waals surface area contributed by atoms with E-state index in [1.165, 1.54) is 4.57 Å². The molecule has 0 saturated carbocycles. The molecule has 0 aromatic carbocycles. The molecule has 1 saturated heterocycles. The van der Waals surface area contributed by atoms with Crippen molar-refractivity contribution in [1.82, 2.24) is 19.8 Å². The van der Waals surface area contributed by atoms with Gasteiger partial charge in [-0.05, 0) is 6.92 Å². The Balaban J connectivity index is 0.00000364. The lowest BCUT2D eigenvalue weighted by molar-refractivity contribution is -0.199. The zero-order valence-corrected chi connectivity index (χ0v) is 17.4. The van der Waals surface area contributed by atoms with Gasteiger partial charge in [0.2, 0.25) is 0 Å². The zero-order valence-electron chi connectivity index (χ0n) is 15.1. The fourth-order valence-corrected chi connectivity index (χ4v) is 2.53. The first-order valence-corrected chi connectivity index (χ1v) is 8.28. The lowest BCUT2D eigenvalue weighted by Crippen LogP contribution is -2.54. The van der Waals surface area contributed by atoms with Crippen molar-refractivity contribution in [1.29, 1.82) is 0 Å². The summed E-state index contributed by atoms with van der Waals surface area (Å²) in [5.41, 5.74) is -0.199. The van der Waals surface area contributed by atoms with E-state index in [-0.39, 0.29) is 29.5 Å². The van der Waals surface area contributed by atoms with Crippen LogP contribution in [0.15, 0.2) is 22.2 Å². The number of piperazine rings is 1. The van der Waals surface area contributed by atoms with Gasteiger partial charge in [-0.1, -0.05) is 0 Å². The molecule has 154 valence electrons. The number of hydrogen-bond acceptors (Lipinski definition) is 5. The molecule has 2 heterocycles. The molecule has 0 radical (unpaired) electrons. The largest absolute Gasteiger partial charge is 0.416 e. The van der Waals surface area contributed by atoms with Crippen molar-refractivity contribution in [2.24, 2.45) is 12.0 Å². The van der Waals surface area contributed by atoms with Crippen LogP contribution in [0.1, 0.15) is 6.92 Å². The summed E-state index contributed by atoms with van der Waals surface area (Å²) in [4.78, 5) is 23.8. The van der Waals surface area contributed by atoms with Gasteiger partial charge in [-0.15, -0.1) is 24.0 Å². The van der Waals surface area contributed by atoms with Gasteiger partial charge < -0.3 is 24.8 Å². The Labute approximate surface area is 172 Å². The molecule has 2 rings (SSSR count). The summed E-state index contributed by atoms with van der Waals surface area (Å²) in [5.74, 6) is 0.661. The molecule has 1 aliphatic rings. The number of aliphatic hydroxyl groups is 1. The van der Waals surface area contributed by atoms with E-state index in [9.17, 15) is 18.0 Å². The van der Waals surface area contributed by atoms with Gasteiger partial charge in [0.1, 0.15) is 0 Å². The normalized spacial score (nSPS) is 16.7. The molecule has 27 heavy (non-hydrogen) atoms. The number of guanidine groups is 1. The summed E-state index contributed by atoms with van der Waals surface area (Å²) >= 11 is 0. The number of nitrogens with one attached hydrogen (secondary N) is 1. The van der Waals surface area contributed by atoms with E-state index in [2.05, 4.69) is 15.3 Å². The van der Waals surface area contributed by atoms with Crippen LogP contribution in [0, 0.1) is 0 Å². The first-order valence-electron chi connectivity index (χ1n) is 8.28. The van der Waals surface area contributed by atoms with Crippen LogP contribution < -0.4 is 15.8 Å². The van der Waals surface area contributed by atoms with Crippen molar-refractivity contribution >= 4 is 35.8 Å². The van der Waals surface area contributed by atoms with Crippen LogP contribution in [0.5, 0.6) is 0 Å². The minimum Gasteiger partial charge on any atom is -0.382 e. The summed E-state index contributed by atoms with van der Waals surface area (Å²) in [7, 11) is 1.64.